The maximum Gasteiger partial charge on any atom is 0.0576 e. The van der Waals surface area contributed by atoms with Gasteiger partial charge in [-0.15, -0.1) is 0 Å². The molecule has 1 N–H and O–H groups in total. The van der Waals surface area contributed by atoms with Crippen molar-refractivity contribution in [2.45, 2.75) is 64.0 Å². The quantitative estimate of drug-likeness (QED) is 0.680. The summed E-state index contributed by atoms with van der Waals surface area (Å²) in [5.41, 5.74) is 0. The molecule has 0 radical (unpaired) electrons. The average molecular weight is 199 g/mol. The van der Waals surface area contributed by atoms with Crippen LogP contribution >= 0.6 is 0 Å². The van der Waals surface area contributed by atoms with Crippen molar-refractivity contribution in [1.82, 2.24) is 5.32 Å². The van der Waals surface area contributed by atoms with Gasteiger partial charge in [-0.2, -0.15) is 0 Å². The molecule has 1 fully saturated rings. The first-order chi connectivity index (χ1) is 6.86. The van der Waals surface area contributed by atoms with Crippen LogP contribution in [0, 0.1) is 0 Å². The Hall–Kier alpha value is -0.0800. The van der Waals surface area contributed by atoms with Gasteiger partial charge in [0.15, 0.2) is 0 Å². The fraction of sp³-hybridized carbons (Fsp3) is 1.00. The van der Waals surface area contributed by atoms with Crippen molar-refractivity contribution in [3.8, 4) is 0 Å². The molecule has 0 spiro atoms. The van der Waals surface area contributed by atoms with Crippen LogP contribution in [0.5, 0.6) is 0 Å². The predicted octanol–water partition coefficient (Wildman–Crippen LogP) is 2.72. The summed E-state index contributed by atoms with van der Waals surface area (Å²) in [6.07, 6.45) is 9.62. The zero-order valence-corrected chi connectivity index (χ0v) is 9.72. The largest absolute Gasteiger partial charge is 0.378 e. The molecule has 14 heavy (non-hydrogen) atoms. The monoisotopic (exact) mass is 199 g/mol. The van der Waals surface area contributed by atoms with E-state index in [1.807, 2.05) is 0 Å². The van der Waals surface area contributed by atoms with E-state index < -0.39 is 0 Å². The molecule has 2 atom stereocenters. The third-order valence-corrected chi connectivity index (χ3v) is 3.15. The Bertz CT molecular complexity index is 132. The molecule has 1 saturated heterocycles. The van der Waals surface area contributed by atoms with Crippen molar-refractivity contribution < 1.29 is 4.74 Å². The van der Waals surface area contributed by atoms with Crippen molar-refractivity contribution in [2.75, 3.05) is 13.7 Å². The van der Waals surface area contributed by atoms with Gasteiger partial charge in [0.25, 0.3) is 0 Å². The Labute approximate surface area is 88.4 Å². The van der Waals surface area contributed by atoms with Crippen LogP contribution in [-0.4, -0.2) is 25.8 Å². The van der Waals surface area contributed by atoms with Crippen molar-refractivity contribution >= 4 is 0 Å². The van der Waals surface area contributed by atoms with Gasteiger partial charge < -0.3 is 10.1 Å². The molecule has 0 aromatic carbocycles. The predicted molar refractivity (Wildman–Crippen MR) is 60.6 cm³/mol. The molecule has 1 aliphatic rings. The zero-order chi connectivity index (χ0) is 10.2. The first kappa shape index (κ1) is 12.0. The Balaban J connectivity index is 2.00. The lowest BCUT2D eigenvalue weighted by Gasteiger charge is -2.16. The highest BCUT2D eigenvalue weighted by atomic mass is 16.5. The standard InChI is InChI=1S/C12H25NO/c1-3-6-11(13-2)7-4-8-12-9-5-10-14-12/h11-13H,3-10H2,1-2H3. The molecule has 2 nitrogen and oxygen atoms in total. The molecule has 2 unspecified atom stereocenters. The molecule has 0 aromatic rings. The fourth-order valence-corrected chi connectivity index (χ4v) is 2.25. The number of ether oxygens (including phenoxy) is 1. The van der Waals surface area contributed by atoms with Gasteiger partial charge >= 0.3 is 0 Å². The molecular formula is C12H25NO. The van der Waals surface area contributed by atoms with Crippen LogP contribution in [0.1, 0.15) is 51.9 Å². The fourth-order valence-electron chi connectivity index (χ4n) is 2.25. The lowest BCUT2D eigenvalue weighted by Crippen LogP contribution is -2.25. The molecule has 0 saturated carbocycles. The Morgan fingerprint density at radius 3 is 2.86 bits per heavy atom. The summed E-state index contributed by atoms with van der Waals surface area (Å²) in [4.78, 5) is 0. The van der Waals surface area contributed by atoms with Crippen LogP contribution in [0.3, 0.4) is 0 Å². The summed E-state index contributed by atoms with van der Waals surface area (Å²) in [6.45, 7) is 3.25. The molecular weight excluding hydrogens is 174 g/mol. The van der Waals surface area contributed by atoms with Crippen LogP contribution in [0.2, 0.25) is 0 Å². The minimum atomic E-state index is 0.578. The smallest absolute Gasteiger partial charge is 0.0576 e. The van der Waals surface area contributed by atoms with Gasteiger partial charge in [0.05, 0.1) is 6.10 Å². The molecule has 0 amide bonds. The van der Waals surface area contributed by atoms with Gasteiger partial charge in [0.2, 0.25) is 0 Å². The van der Waals surface area contributed by atoms with Crippen LogP contribution in [0.4, 0.5) is 0 Å². The summed E-state index contributed by atoms with van der Waals surface area (Å²) < 4.78 is 5.61. The molecule has 1 rings (SSSR count). The van der Waals surface area contributed by atoms with Gasteiger partial charge in [-0.05, 0) is 45.6 Å². The second-order valence-corrected chi connectivity index (χ2v) is 4.34. The maximum absolute atomic E-state index is 5.61. The van der Waals surface area contributed by atoms with Gasteiger partial charge in [0, 0.05) is 12.6 Å². The van der Waals surface area contributed by atoms with Gasteiger partial charge in [-0.1, -0.05) is 13.3 Å². The van der Waals surface area contributed by atoms with E-state index in [9.17, 15) is 0 Å². The van der Waals surface area contributed by atoms with Crippen LogP contribution in [0.15, 0.2) is 0 Å². The Morgan fingerprint density at radius 2 is 2.29 bits per heavy atom. The van der Waals surface area contributed by atoms with E-state index in [1.165, 1.54) is 44.9 Å². The van der Waals surface area contributed by atoms with E-state index in [4.69, 9.17) is 4.74 Å². The minimum Gasteiger partial charge on any atom is -0.378 e. The summed E-state index contributed by atoms with van der Waals surface area (Å²) in [6, 6.07) is 0.724. The maximum atomic E-state index is 5.61. The normalized spacial score (nSPS) is 24.0. The molecule has 0 aliphatic carbocycles. The van der Waals surface area contributed by atoms with Gasteiger partial charge in [0.1, 0.15) is 0 Å². The summed E-state index contributed by atoms with van der Waals surface area (Å²) in [7, 11) is 2.08. The van der Waals surface area contributed by atoms with Gasteiger partial charge in [-0.25, -0.2) is 0 Å². The van der Waals surface area contributed by atoms with E-state index in [0.29, 0.717) is 6.10 Å². The highest BCUT2D eigenvalue weighted by Gasteiger charge is 2.15. The lowest BCUT2D eigenvalue weighted by molar-refractivity contribution is 0.101. The number of nitrogens with one attached hydrogen (secondary N) is 1. The minimum absolute atomic E-state index is 0.578. The first-order valence-electron chi connectivity index (χ1n) is 6.15. The van der Waals surface area contributed by atoms with E-state index in [-0.39, 0.29) is 0 Å². The summed E-state index contributed by atoms with van der Waals surface area (Å²) >= 11 is 0. The molecule has 2 heteroatoms. The number of hydrogen-bond acceptors (Lipinski definition) is 2. The van der Waals surface area contributed by atoms with Crippen molar-refractivity contribution in [1.29, 1.82) is 0 Å². The molecule has 1 aliphatic heterocycles. The Morgan fingerprint density at radius 1 is 1.43 bits per heavy atom. The third-order valence-electron chi connectivity index (χ3n) is 3.15. The van der Waals surface area contributed by atoms with Crippen LogP contribution in [-0.2, 0) is 4.74 Å². The topological polar surface area (TPSA) is 21.3 Å². The highest BCUT2D eigenvalue weighted by molar-refractivity contribution is 4.68. The van der Waals surface area contributed by atoms with E-state index in [2.05, 4.69) is 19.3 Å². The zero-order valence-electron chi connectivity index (χ0n) is 9.72. The molecule has 1 heterocycles. The molecule has 0 aromatic heterocycles. The van der Waals surface area contributed by atoms with E-state index in [1.54, 1.807) is 0 Å². The second kappa shape index (κ2) is 7.24. The second-order valence-electron chi connectivity index (χ2n) is 4.34. The summed E-state index contributed by atoms with van der Waals surface area (Å²) in [5, 5.41) is 3.39. The summed E-state index contributed by atoms with van der Waals surface area (Å²) in [5.74, 6) is 0. The SMILES string of the molecule is CCCC(CCCC1CCCO1)NC. The van der Waals surface area contributed by atoms with E-state index in [0.717, 1.165) is 12.6 Å². The Kier molecular flexibility index (Phi) is 6.20. The molecule has 84 valence electrons. The lowest BCUT2D eigenvalue weighted by atomic mass is 10.0. The van der Waals surface area contributed by atoms with Crippen molar-refractivity contribution in [3.05, 3.63) is 0 Å². The van der Waals surface area contributed by atoms with Crippen molar-refractivity contribution in [3.63, 3.8) is 0 Å². The molecule has 0 bridgehead atoms. The van der Waals surface area contributed by atoms with E-state index >= 15 is 0 Å². The highest BCUT2D eigenvalue weighted by Crippen LogP contribution is 2.18. The van der Waals surface area contributed by atoms with Crippen molar-refractivity contribution in [2.24, 2.45) is 0 Å². The number of hydrogen-bond donors (Lipinski definition) is 1. The van der Waals surface area contributed by atoms with Crippen LogP contribution in [0.25, 0.3) is 0 Å². The first-order valence-corrected chi connectivity index (χ1v) is 6.15. The number of rotatable bonds is 7. The van der Waals surface area contributed by atoms with Crippen LogP contribution < -0.4 is 5.32 Å². The third kappa shape index (κ3) is 4.43. The van der Waals surface area contributed by atoms with Gasteiger partial charge in [-0.3, -0.25) is 0 Å². The average Bonchev–Trinajstić information content (AvgIpc) is 2.69.